The Hall–Kier alpha value is -1.14. The standard InChI is InChI=1S/C65H129NO5/c1-3-5-7-9-11-13-14-15-16-33-36-39-43-47-51-55-59-65(70)71-60-56-52-48-44-40-37-34-31-29-27-25-23-21-19-17-18-20-22-24-26-28-30-32-35-38-42-46-50-54-58-64(69)66-62(61-67)63(68)57-53-49-45-41-12-10-8-6-4-2/h62-63,67-68H,3-61H2,1-2H3,(H,66,69). The summed E-state index contributed by atoms with van der Waals surface area (Å²) < 4.78 is 5.50. The van der Waals surface area contributed by atoms with Gasteiger partial charge in [0.1, 0.15) is 0 Å². The molecule has 0 radical (unpaired) electrons. The van der Waals surface area contributed by atoms with Crippen LogP contribution in [0.25, 0.3) is 0 Å². The van der Waals surface area contributed by atoms with Crippen molar-refractivity contribution in [1.82, 2.24) is 5.32 Å². The van der Waals surface area contributed by atoms with E-state index in [2.05, 4.69) is 19.2 Å². The van der Waals surface area contributed by atoms with E-state index in [0.29, 0.717) is 25.9 Å². The van der Waals surface area contributed by atoms with E-state index in [4.69, 9.17) is 4.74 Å². The maximum atomic E-state index is 12.4. The molecule has 0 saturated heterocycles. The average molecular weight is 1000 g/mol. The highest BCUT2D eigenvalue weighted by Gasteiger charge is 2.20. The van der Waals surface area contributed by atoms with Crippen LogP contribution in [-0.2, 0) is 14.3 Å². The summed E-state index contributed by atoms with van der Waals surface area (Å²) >= 11 is 0. The van der Waals surface area contributed by atoms with Crippen molar-refractivity contribution in [2.75, 3.05) is 13.2 Å². The highest BCUT2D eigenvalue weighted by atomic mass is 16.5. The quantitative estimate of drug-likeness (QED) is 0.0417. The van der Waals surface area contributed by atoms with Gasteiger partial charge in [-0.05, 0) is 25.7 Å². The third-order valence-electron chi connectivity index (χ3n) is 15.7. The number of nitrogens with one attached hydrogen (secondary N) is 1. The zero-order chi connectivity index (χ0) is 51.4. The summed E-state index contributed by atoms with van der Waals surface area (Å²) in [5.74, 6) is -0.00788. The van der Waals surface area contributed by atoms with Gasteiger partial charge in [0.25, 0.3) is 0 Å². The van der Waals surface area contributed by atoms with Crippen molar-refractivity contribution in [2.24, 2.45) is 0 Å². The highest BCUT2D eigenvalue weighted by Crippen LogP contribution is 2.19. The molecular formula is C65H129NO5. The number of carbonyl (C=O) groups excluding carboxylic acids is 2. The molecule has 0 spiro atoms. The molecular weight excluding hydrogens is 875 g/mol. The predicted octanol–water partition coefficient (Wildman–Crippen LogP) is 20.6. The lowest BCUT2D eigenvalue weighted by molar-refractivity contribution is -0.143. The van der Waals surface area contributed by atoms with Crippen LogP contribution >= 0.6 is 0 Å². The normalized spacial score (nSPS) is 12.5. The number of esters is 1. The minimum absolute atomic E-state index is 0.0238. The smallest absolute Gasteiger partial charge is 0.305 e. The van der Waals surface area contributed by atoms with Gasteiger partial charge in [-0.15, -0.1) is 0 Å². The Balaban J connectivity index is 3.28. The minimum Gasteiger partial charge on any atom is -0.466 e. The molecule has 0 aromatic heterocycles. The predicted molar refractivity (Wildman–Crippen MR) is 310 cm³/mol. The Morgan fingerprint density at radius 2 is 0.577 bits per heavy atom. The van der Waals surface area contributed by atoms with Crippen LogP contribution in [0.5, 0.6) is 0 Å². The van der Waals surface area contributed by atoms with Crippen LogP contribution < -0.4 is 5.32 Å². The molecule has 1 amide bonds. The van der Waals surface area contributed by atoms with Crippen molar-refractivity contribution >= 4 is 11.9 Å². The molecule has 0 rings (SSSR count). The first-order valence-electron chi connectivity index (χ1n) is 32.8. The summed E-state index contributed by atoms with van der Waals surface area (Å²) in [4.78, 5) is 24.5. The summed E-state index contributed by atoms with van der Waals surface area (Å²) in [6.07, 6.45) is 72.9. The van der Waals surface area contributed by atoms with Gasteiger partial charge in [0, 0.05) is 12.8 Å². The molecule has 0 aromatic carbocycles. The van der Waals surface area contributed by atoms with Gasteiger partial charge in [-0.3, -0.25) is 9.59 Å². The van der Waals surface area contributed by atoms with Gasteiger partial charge in [-0.25, -0.2) is 0 Å². The fourth-order valence-corrected chi connectivity index (χ4v) is 10.6. The van der Waals surface area contributed by atoms with E-state index >= 15 is 0 Å². The van der Waals surface area contributed by atoms with E-state index in [1.54, 1.807) is 0 Å². The largest absolute Gasteiger partial charge is 0.466 e. The second kappa shape index (κ2) is 61.4. The van der Waals surface area contributed by atoms with E-state index in [-0.39, 0.29) is 18.5 Å². The lowest BCUT2D eigenvalue weighted by Crippen LogP contribution is -2.45. The maximum absolute atomic E-state index is 12.4. The van der Waals surface area contributed by atoms with Crippen LogP contribution in [0.1, 0.15) is 380 Å². The summed E-state index contributed by atoms with van der Waals surface area (Å²) in [5.41, 5.74) is 0. The molecule has 2 atom stereocenters. The molecule has 0 heterocycles. The third-order valence-corrected chi connectivity index (χ3v) is 15.7. The van der Waals surface area contributed by atoms with Crippen molar-refractivity contribution in [3.8, 4) is 0 Å². The number of unbranched alkanes of at least 4 members (excludes halogenated alkanes) is 51. The van der Waals surface area contributed by atoms with Crippen LogP contribution in [0.15, 0.2) is 0 Å². The number of rotatable bonds is 62. The van der Waals surface area contributed by atoms with Gasteiger partial charge in [-0.2, -0.15) is 0 Å². The van der Waals surface area contributed by atoms with Crippen molar-refractivity contribution in [1.29, 1.82) is 0 Å². The number of aliphatic hydroxyl groups is 2. The van der Waals surface area contributed by atoms with E-state index in [1.807, 2.05) is 0 Å². The van der Waals surface area contributed by atoms with Gasteiger partial charge in [0.2, 0.25) is 5.91 Å². The molecule has 2 unspecified atom stereocenters. The summed E-state index contributed by atoms with van der Waals surface area (Å²) in [6, 6.07) is -0.535. The lowest BCUT2D eigenvalue weighted by atomic mass is 10.0. The number of hydrogen-bond donors (Lipinski definition) is 3. The summed E-state index contributed by atoms with van der Waals surface area (Å²) in [5, 5.41) is 23.1. The molecule has 71 heavy (non-hydrogen) atoms. The zero-order valence-corrected chi connectivity index (χ0v) is 48.5. The Morgan fingerprint density at radius 3 is 0.859 bits per heavy atom. The van der Waals surface area contributed by atoms with E-state index in [9.17, 15) is 19.8 Å². The minimum atomic E-state index is -0.658. The topological polar surface area (TPSA) is 95.9 Å². The van der Waals surface area contributed by atoms with E-state index < -0.39 is 12.1 Å². The number of ether oxygens (including phenoxy) is 1. The summed E-state index contributed by atoms with van der Waals surface area (Å²) in [7, 11) is 0. The van der Waals surface area contributed by atoms with E-state index in [0.717, 1.165) is 38.5 Å². The number of amides is 1. The van der Waals surface area contributed by atoms with Crippen LogP contribution in [0, 0.1) is 0 Å². The number of hydrogen-bond acceptors (Lipinski definition) is 5. The number of carbonyl (C=O) groups is 2. The van der Waals surface area contributed by atoms with Crippen molar-refractivity contribution in [2.45, 2.75) is 392 Å². The average Bonchev–Trinajstić information content (AvgIpc) is 3.37. The molecule has 0 aliphatic rings. The van der Waals surface area contributed by atoms with Gasteiger partial charge in [0.05, 0.1) is 25.4 Å². The monoisotopic (exact) mass is 1000 g/mol. The van der Waals surface area contributed by atoms with Crippen molar-refractivity contribution in [3.63, 3.8) is 0 Å². The first-order valence-corrected chi connectivity index (χ1v) is 32.8. The second-order valence-electron chi connectivity index (χ2n) is 22.8. The fourth-order valence-electron chi connectivity index (χ4n) is 10.6. The van der Waals surface area contributed by atoms with Crippen LogP contribution in [0.2, 0.25) is 0 Å². The highest BCUT2D eigenvalue weighted by molar-refractivity contribution is 5.76. The number of aliphatic hydroxyl groups excluding tert-OH is 2. The molecule has 3 N–H and O–H groups in total. The SMILES string of the molecule is CCCCCCCCCCCCCCCCCCC(=O)OCCCCCCCCCCCCCCCCCCCCCCCCCCCCCCCC(=O)NC(CO)C(O)CCCCCCCCCCC. The molecule has 0 aliphatic heterocycles. The Labute approximate surface area is 445 Å². The van der Waals surface area contributed by atoms with Crippen molar-refractivity contribution in [3.05, 3.63) is 0 Å². The lowest BCUT2D eigenvalue weighted by Gasteiger charge is -2.22. The van der Waals surface area contributed by atoms with Crippen LogP contribution in [0.3, 0.4) is 0 Å². The first kappa shape index (κ1) is 69.9. The van der Waals surface area contributed by atoms with Crippen LogP contribution in [0.4, 0.5) is 0 Å². The van der Waals surface area contributed by atoms with Gasteiger partial charge in [-0.1, -0.05) is 341 Å². The molecule has 6 nitrogen and oxygen atoms in total. The molecule has 0 bridgehead atoms. The zero-order valence-electron chi connectivity index (χ0n) is 48.5. The Kier molecular flexibility index (Phi) is 60.4. The fraction of sp³-hybridized carbons (Fsp3) is 0.969. The third kappa shape index (κ3) is 58.0. The van der Waals surface area contributed by atoms with Gasteiger partial charge < -0.3 is 20.3 Å². The Bertz CT molecular complexity index is 1020. The maximum Gasteiger partial charge on any atom is 0.305 e. The molecule has 424 valence electrons. The first-order chi connectivity index (χ1) is 35.0. The van der Waals surface area contributed by atoms with Crippen molar-refractivity contribution < 1.29 is 24.5 Å². The molecule has 0 aromatic rings. The molecule has 0 aliphatic carbocycles. The van der Waals surface area contributed by atoms with Crippen LogP contribution in [-0.4, -0.2) is 47.4 Å². The second-order valence-corrected chi connectivity index (χ2v) is 22.8. The van der Waals surface area contributed by atoms with Gasteiger partial charge >= 0.3 is 5.97 Å². The van der Waals surface area contributed by atoms with Gasteiger partial charge in [0.15, 0.2) is 0 Å². The van der Waals surface area contributed by atoms with E-state index in [1.165, 1.54) is 308 Å². The summed E-state index contributed by atoms with van der Waals surface area (Å²) in [6.45, 7) is 4.97. The molecule has 0 saturated carbocycles. The Morgan fingerprint density at radius 1 is 0.338 bits per heavy atom. The molecule has 0 fully saturated rings. The molecule has 6 heteroatoms.